The molecule has 0 spiro atoms. The van der Waals surface area contributed by atoms with Gasteiger partial charge in [-0.25, -0.2) is 9.59 Å². The molecule has 0 aliphatic rings. The molecule has 4 aromatic rings. The van der Waals surface area contributed by atoms with E-state index in [0.717, 1.165) is 0 Å². The number of hydrogen-bond acceptors (Lipinski definition) is 8. The summed E-state index contributed by atoms with van der Waals surface area (Å²) in [5, 5.41) is 0. The highest BCUT2D eigenvalue weighted by molar-refractivity contribution is 6.10. The lowest BCUT2D eigenvalue weighted by atomic mass is 10.0. The van der Waals surface area contributed by atoms with Crippen molar-refractivity contribution in [2.24, 2.45) is 0 Å². The Morgan fingerprint density at radius 3 is 1.00 bits per heavy atom. The molecule has 0 saturated heterocycles. The lowest BCUT2D eigenvalue weighted by Gasteiger charge is -2.08. The quantitative estimate of drug-likeness (QED) is 0.110. The molecule has 8 nitrogen and oxygen atoms in total. The van der Waals surface area contributed by atoms with Crippen molar-refractivity contribution in [1.82, 2.24) is 0 Å². The number of benzene rings is 4. The first-order valence-electron chi connectivity index (χ1n) is 13.4. The Hall–Kier alpha value is -4.92. The van der Waals surface area contributed by atoms with E-state index in [1.807, 2.05) is 12.1 Å². The molecule has 42 heavy (non-hydrogen) atoms. The molecule has 0 saturated carbocycles. The molecule has 0 unspecified atom stereocenters. The van der Waals surface area contributed by atoms with Gasteiger partial charge >= 0.3 is 11.9 Å². The minimum atomic E-state index is -0.507. The van der Waals surface area contributed by atoms with Crippen LogP contribution in [0.1, 0.15) is 52.6 Å². The van der Waals surface area contributed by atoms with Crippen LogP contribution in [0, 0.1) is 0 Å². The highest BCUT2D eigenvalue weighted by Gasteiger charge is 2.13. The fourth-order valence-corrected chi connectivity index (χ4v) is 3.90. The largest absolute Gasteiger partial charge is 0.460 e. The summed E-state index contributed by atoms with van der Waals surface area (Å²) < 4.78 is 21.2. The van der Waals surface area contributed by atoms with Crippen molar-refractivity contribution in [2.75, 3.05) is 39.6 Å². The normalized spacial score (nSPS) is 10.6. The van der Waals surface area contributed by atoms with E-state index in [-0.39, 0.29) is 51.2 Å². The number of carbonyl (C=O) groups is 4. The molecule has 0 N–H and O–H groups in total. The molecule has 0 bridgehead atoms. The number of carbonyl (C=O) groups excluding carboxylic acids is 4. The zero-order chi connectivity index (χ0) is 29.6. The highest BCUT2D eigenvalue weighted by atomic mass is 16.6. The minimum absolute atomic E-state index is 0.0663. The molecule has 0 radical (unpaired) electrons. The van der Waals surface area contributed by atoms with E-state index in [0.29, 0.717) is 33.4 Å². The van der Waals surface area contributed by atoms with Gasteiger partial charge in [0.1, 0.15) is 13.2 Å². The number of ketones is 2. The zero-order valence-corrected chi connectivity index (χ0v) is 22.9. The number of rotatable bonds is 15. The fraction of sp³-hybridized carbons (Fsp3) is 0.176. The first-order valence-corrected chi connectivity index (χ1v) is 13.4. The van der Waals surface area contributed by atoms with Crippen molar-refractivity contribution in [3.63, 3.8) is 0 Å². The van der Waals surface area contributed by atoms with Crippen LogP contribution in [-0.2, 0) is 18.9 Å². The molecule has 4 rings (SSSR count). The van der Waals surface area contributed by atoms with Gasteiger partial charge in [-0.15, -0.1) is 0 Å². The average Bonchev–Trinajstić information content (AvgIpc) is 3.05. The highest BCUT2D eigenvalue weighted by Crippen LogP contribution is 2.13. The van der Waals surface area contributed by atoms with Crippen LogP contribution in [0.4, 0.5) is 0 Å². The third-order valence-electron chi connectivity index (χ3n) is 6.13. The van der Waals surface area contributed by atoms with Crippen LogP contribution in [0.5, 0.6) is 0 Å². The first-order chi connectivity index (χ1) is 20.5. The Kier molecular flexibility index (Phi) is 11.3. The zero-order valence-electron chi connectivity index (χ0n) is 22.9. The Bertz CT molecular complexity index is 1350. The van der Waals surface area contributed by atoms with Gasteiger partial charge in [-0.05, 0) is 24.3 Å². The maximum atomic E-state index is 12.5. The standard InChI is InChI=1S/C34H30O8/c35-31(25-7-3-1-4-8-25)27-11-15-29(16-12-27)33(37)41-23-21-39-19-20-40-22-24-42-34(38)30-17-13-28(14-18-30)32(36)26-9-5-2-6-10-26/h1-18H,19-24H2. The van der Waals surface area contributed by atoms with E-state index < -0.39 is 11.9 Å². The Morgan fingerprint density at radius 1 is 0.357 bits per heavy atom. The van der Waals surface area contributed by atoms with E-state index in [9.17, 15) is 19.2 Å². The van der Waals surface area contributed by atoms with Gasteiger partial charge < -0.3 is 18.9 Å². The second-order valence-electron chi connectivity index (χ2n) is 9.04. The number of ether oxygens (including phenoxy) is 4. The minimum Gasteiger partial charge on any atom is -0.460 e. The van der Waals surface area contributed by atoms with Gasteiger partial charge in [0.25, 0.3) is 0 Å². The van der Waals surface area contributed by atoms with Gasteiger partial charge in [0.2, 0.25) is 0 Å². The molecule has 0 atom stereocenters. The van der Waals surface area contributed by atoms with Crippen LogP contribution in [0.15, 0.2) is 109 Å². The maximum absolute atomic E-state index is 12.5. The topological polar surface area (TPSA) is 105 Å². The molecular formula is C34H30O8. The molecule has 0 aliphatic heterocycles. The van der Waals surface area contributed by atoms with Gasteiger partial charge in [-0.1, -0.05) is 84.9 Å². The fourth-order valence-electron chi connectivity index (χ4n) is 3.90. The second-order valence-corrected chi connectivity index (χ2v) is 9.04. The average molecular weight is 567 g/mol. The summed E-state index contributed by atoms with van der Waals surface area (Å²) in [7, 11) is 0. The molecule has 0 aliphatic carbocycles. The summed E-state index contributed by atoms with van der Waals surface area (Å²) in [5.41, 5.74) is 2.82. The van der Waals surface area contributed by atoms with Gasteiger partial charge in [0, 0.05) is 22.3 Å². The summed E-state index contributed by atoms with van der Waals surface area (Å²) in [6.07, 6.45) is 0. The molecule has 214 valence electrons. The molecule has 0 aromatic heterocycles. The lowest BCUT2D eigenvalue weighted by molar-refractivity contribution is 0.00229. The first kappa shape index (κ1) is 30.0. The van der Waals surface area contributed by atoms with Crippen molar-refractivity contribution >= 4 is 23.5 Å². The van der Waals surface area contributed by atoms with E-state index in [4.69, 9.17) is 18.9 Å². The predicted octanol–water partition coefficient (Wildman–Crippen LogP) is 5.20. The second kappa shape index (κ2) is 15.8. The van der Waals surface area contributed by atoms with Gasteiger partial charge in [0.05, 0.1) is 37.6 Å². The SMILES string of the molecule is O=C(OCCOCCOCCOC(=O)c1ccc(C(=O)c2ccccc2)cc1)c1ccc(C(=O)c2ccccc2)cc1. The lowest BCUT2D eigenvalue weighted by Crippen LogP contribution is -2.15. The van der Waals surface area contributed by atoms with Crippen LogP contribution in [-0.4, -0.2) is 63.1 Å². The Morgan fingerprint density at radius 2 is 0.643 bits per heavy atom. The molecule has 8 heteroatoms. The Balaban J connectivity index is 1.04. The van der Waals surface area contributed by atoms with Crippen LogP contribution < -0.4 is 0 Å². The number of esters is 2. The van der Waals surface area contributed by atoms with Crippen LogP contribution in [0.3, 0.4) is 0 Å². The maximum Gasteiger partial charge on any atom is 0.338 e. The van der Waals surface area contributed by atoms with E-state index >= 15 is 0 Å². The van der Waals surface area contributed by atoms with E-state index in [2.05, 4.69) is 0 Å². The van der Waals surface area contributed by atoms with Crippen molar-refractivity contribution in [1.29, 1.82) is 0 Å². The van der Waals surface area contributed by atoms with E-state index in [1.165, 1.54) is 0 Å². The summed E-state index contributed by atoms with van der Waals surface area (Å²) in [4.78, 5) is 49.4. The molecular weight excluding hydrogens is 536 g/mol. The van der Waals surface area contributed by atoms with Gasteiger partial charge in [-0.2, -0.15) is 0 Å². The summed E-state index contributed by atoms with van der Waals surface area (Å²) in [6, 6.07) is 30.5. The van der Waals surface area contributed by atoms with Gasteiger partial charge in [-0.3, -0.25) is 9.59 Å². The van der Waals surface area contributed by atoms with Crippen LogP contribution in [0.25, 0.3) is 0 Å². The third-order valence-corrected chi connectivity index (χ3v) is 6.13. The molecule has 4 aromatic carbocycles. The monoisotopic (exact) mass is 566 g/mol. The Labute approximate surface area is 243 Å². The van der Waals surface area contributed by atoms with Crippen LogP contribution >= 0.6 is 0 Å². The van der Waals surface area contributed by atoms with Crippen molar-refractivity contribution in [3.05, 3.63) is 143 Å². The molecule has 0 heterocycles. The van der Waals surface area contributed by atoms with Crippen LogP contribution in [0.2, 0.25) is 0 Å². The van der Waals surface area contributed by atoms with Crippen molar-refractivity contribution < 1.29 is 38.1 Å². The predicted molar refractivity (Wildman–Crippen MR) is 155 cm³/mol. The summed E-state index contributed by atoms with van der Waals surface area (Å²) in [6.45, 7) is 1.07. The summed E-state index contributed by atoms with van der Waals surface area (Å²) in [5.74, 6) is -1.25. The molecule has 0 amide bonds. The summed E-state index contributed by atoms with van der Waals surface area (Å²) >= 11 is 0. The third kappa shape index (κ3) is 8.79. The number of hydrogen-bond donors (Lipinski definition) is 0. The van der Waals surface area contributed by atoms with Crippen molar-refractivity contribution in [3.8, 4) is 0 Å². The van der Waals surface area contributed by atoms with E-state index in [1.54, 1.807) is 97.1 Å². The van der Waals surface area contributed by atoms with Gasteiger partial charge in [0.15, 0.2) is 11.6 Å². The smallest absolute Gasteiger partial charge is 0.338 e. The van der Waals surface area contributed by atoms with Crippen molar-refractivity contribution in [2.45, 2.75) is 0 Å². The molecule has 0 fully saturated rings.